The SMILES string of the molecule is COc1ccc(OC[C@H]2O[C@@H](n3cnc4c(NC(=O)c5ccccc5)ncnc43)C[C@H]2OP(=O)(OCCC#N)OC[C@H]2O[C@@H](n3cnc4c(NC(=O)c5ccccc5)ncnc43)C[C@H]2O)cc1. The largest absolute Gasteiger partial charge is 0.497 e. The third-order valence-corrected chi connectivity index (χ3v) is 12.3. The molecular formula is C44H42N11O11P. The summed E-state index contributed by atoms with van der Waals surface area (Å²) in [5.74, 6) is 0.699. The topological polar surface area (TPSA) is 271 Å². The highest BCUT2D eigenvalue weighted by Gasteiger charge is 2.45. The van der Waals surface area contributed by atoms with Crippen LogP contribution in [-0.4, -0.2) is 107 Å². The fourth-order valence-electron chi connectivity index (χ4n) is 7.50. The molecule has 2 amide bonds. The van der Waals surface area contributed by atoms with Gasteiger partial charge >= 0.3 is 7.82 Å². The Morgan fingerprint density at radius 1 is 0.746 bits per heavy atom. The normalized spacial score (nSPS) is 21.1. The summed E-state index contributed by atoms with van der Waals surface area (Å²) in [6.45, 7) is -0.844. The number of phosphoric acid groups is 1. The van der Waals surface area contributed by atoms with Crippen molar-refractivity contribution in [3.8, 4) is 17.6 Å². The van der Waals surface area contributed by atoms with Gasteiger partial charge in [0.2, 0.25) is 0 Å². The van der Waals surface area contributed by atoms with Crippen molar-refractivity contribution in [3.05, 3.63) is 121 Å². The van der Waals surface area contributed by atoms with E-state index in [1.807, 2.05) is 6.07 Å². The van der Waals surface area contributed by atoms with Gasteiger partial charge in [-0.3, -0.25) is 32.3 Å². The van der Waals surface area contributed by atoms with Crippen LogP contribution in [0, 0.1) is 11.3 Å². The quantitative estimate of drug-likeness (QED) is 0.0694. The third kappa shape index (κ3) is 10.1. The van der Waals surface area contributed by atoms with Crippen molar-refractivity contribution in [3.63, 3.8) is 0 Å². The summed E-state index contributed by atoms with van der Waals surface area (Å²) in [5.41, 5.74) is 2.10. The summed E-state index contributed by atoms with van der Waals surface area (Å²) in [5, 5.41) is 26.1. The lowest BCUT2D eigenvalue weighted by molar-refractivity contribution is -0.0560. The van der Waals surface area contributed by atoms with Crippen LogP contribution in [0.2, 0.25) is 0 Å². The molecule has 6 heterocycles. The minimum Gasteiger partial charge on any atom is -0.497 e. The number of hydrogen-bond donors (Lipinski definition) is 3. The molecule has 0 aliphatic carbocycles. The summed E-state index contributed by atoms with van der Waals surface area (Å²) in [6.07, 6.45) is -0.175. The second-order valence-electron chi connectivity index (χ2n) is 15.1. The van der Waals surface area contributed by atoms with Crippen LogP contribution in [-0.2, 0) is 27.6 Å². The Hall–Kier alpha value is -7.22. The van der Waals surface area contributed by atoms with Crippen molar-refractivity contribution >= 4 is 53.6 Å². The zero-order chi connectivity index (χ0) is 46.3. The van der Waals surface area contributed by atoms with E-state index in [9.17, 15) is 24.5 Å². The number of aliphatic hydroxyl groups is 1. The minimum atomic E-state index is -4.56. The molecule has 9 rings (SSSR count). The van der Waals surface area contributed by atoms with Gasteiger partial charge in [0, 0.05) is 24.0 Å². The first-order valence-corrected chi connectivity index (χ1v) is 22.4. The summed E-state index contributed by atoms with van der Waals surface area (Å²) >= 11 is 0. The van der Waals surface area contributed by atoms with Gasteiger partial charge in [-0.1, -0.05) is 36.4 Å². The van der Waals surface area contributed by atoms with Crippen LogP contribution < -0.4 is 20.1 Å². The summed E-state index contributed by atoms with van der Waals surface area (Å²) in [6, 6.07) is 26.1. The average molecular weight is 932 g/mol. The number of benzene rings is 3. The van der Waals surface area contributed by atoms with Crippen LogP contribution in [0.15, 0.2) is 110 Å². The van der Waals surface area contributed by atoms with E-state index in [2.05, 4.69) is 40.5 Å². The molecule has 0 saturated carbocycles. The van der Waals surface area contributed by atoms with E-state index in [4.69, 9.17) is 32.5 Å². The predicted molar refractivity (Wildman–Crippen MR) is 236 cm³/mol. The van der Waals surface area contributed by atoms with E-state index in [-0.39, 0.29) is 55.9 Å². The Morgan fingerprint density at radius 2 is 1.30 bits per heavy atom. The Bertz CT molecular complexity index is 2940. The molecule has 22 nitrogen and oxygen atoms in total. The number of aromatic nitrogens is 8. The molecule has 2 saturated heterocycles. The maximum atomic E-state index is 14.6. The smallest absolute Gasteiger partial charge is 0.475 e. The monoisotopic (exact) mass is 931 g/mol. The van der Waals surface area contributed by atoms with Crippen molar-refractivity contribution < 1.29 is 51.8 Å². The number of phosphoric ester groups is 1. The summed E-state index contributed by atoms with van der Waals surface area (Å²) < 4.78 is 59.7. The highest BCUT2D eigenvalue weighted by Crippen LogP contribution is 2.54. The van der Waals surface area contributed by atoms with Gasteiger partial charge in [-0.15, -0.1) is 0 Å². The molecule has 0 radical (unpaired) electrons. The van der Waals surface area contributed by atoms with E-state index in [1.165, 1.54) is 25.3 Å². The van der Waals surface area contributed by atoms with Gasteiger partial charge in [0.15, 0.2) is 34.0 Å². The summed E-state index contributed by atoms with van der Waals surface area (Å²) in [4.78, 5) is 52.1. The Balaban J connectivity index is 0.919. The van der Waals surface area contributed by atoms with Gasteiger partial charge in [0.05, 0.1) is 51.6 Å². The van der Waals surface area contributed by atoms with Crippen LogP contribution in [0.4, 0.5) is 11.6 Å². The molecule has 3 N–H and O–H groups in total. The maximum absolute atomic E-state index is 14.6. The lowest BCUT2D eigenvalue weighted by atomic mass is 10.2. The molecule has 2 aliphatic rings. The van der Waals surface area contributed by atoms with Gasteiger partial charge in [0.25, 0.3) is 11.8 Å². The first kappa shape index (κ1) is 45.0. The number of nitrogens with zero attached hydrogens (tertiary/aromatic N) is 9. The molecule has 7 atom stereocenters. The highest BCUT2D eigenvalue weighted by molar-refractivity contribution is 7.48. The number of nitrogens with one attached hydrogen (secondary N) is 2. The minimum absolute atomic E-state index is 0.0563. The zero-order valence-corrected chi connectivity index (χ0v) is 36.5. The van der Waals surface area contributed by atoms with Crippen LogP contribution in [0.1, 0.15) is 52.4 Å². The maximum Gasteiger partial charge on any atom is 0.475 e. The van der Waals surface area contributed by atoms with Gasteiger partial charge < -0.3 is 34.7 Å². The second-order valence-corrected chi connectivity index (χ2v) is 16.8. The Morgan fingerprint density at radius 3 is 1.87 bits per heavy atom. The summed E-state index contributed by atoms with van der Waals surface area (Å²) in [7, 11) is -3.01. The average Bonchev–Trinajstić information content (AvgIpc) is 4.17. The van der Waals surface area contributed by atoms with E-state index < -0.39 is 51.3 Å². The molecule has 67 heavy (non-hydrogen) atoms. The molecule has 0 bridgehead atoms. The number of ether oxygens (including phenoxy) is 4. The molecule has 2 aliphatic heterocycles. The van der Waals surface area contributed by atoms with Crippen LogP contribution >= 0.6 is 7.82 Å². The van der Waals surface area contributed by atoms with Crippen molar-refractivity contribution in [1.82, 2.24) is 39.0 Å². The number of carbonyl (C=O) groups is 2. The predicted octanol–water partition coefficient (Wildman–Crippen LogP) is 5.63. The molecule has 4 aromatic heterocycles. The molecule has 2 fully saturated rings. The zero-order valence-electron chi connectivity index (χ0n) is 35.6. The number of hydrogen-bond acceptors (Lipinski definition) is 18. The first-order valence-electron chi connectivity index (χ1n) is 21.0. The number of rotatable bonds is 18. The van der Waals surface area contributed by atoms with E-state index in [1.54, 1.807) is 101 Å². The molecule has 3 aromatic carbocycles. The third-order valence-electron chi connectivity index (χ3n) is 10.9. The number of imidazole rings is 2. The van der Waals surface area contributed by atoms with Crippen molar-refractivity contribution in [2.45, 2.75) is 56.1 Å². The van der Waals surface area contributed by atoms with Crippen molar-refractivity contribution in [2.75, 3.05) is 37.6 Å². The van der Waals surface area contributed by atoms with E-state index in [0.717, 1.165) is 0 Å². The molecule has 344 valence electrons. The fraction of sp³-hybridized carbons (Fsp3) is 0.295. The fourth-order valence-corrected chi connectivity index (χ4v) is 8.89. The number of amides is 2. The van der Waals surface area contributed by atoms with Crippen LogP contribution in [0.5, 0.6) is 11.5 Å². The van der Waals surface area contributed by atoms with E-state index >= 15 is 0 Å². The van der Waals surface area contributed by atoms with Crippen LogP contribution in [0.25, 0.3) is 22.3 Å². The molecule has 0 spiro atoms. The first-order chi connectivity index (χ1) is 32.7. The second kappa shape index (κ2) is 20.1. The van der Waals surface area contributed by atoms with Gasteiger partial charge in [0.1, 0.15) is 61.5 Å². The number of aliphatic hydroxyl groups excluding tert-OH is 1. The van der Waals surface area contributed by atoms with Crippen LogP contribution in [0.3, 0.4) is 0 Å². The molecule has 23 heteroatoms. The standard InChI is InChI=1S/C44H42N11O11P/c1-60-29-13-15-30(16-14-29)61-21-34-32(20-36(65-34)55-26-51-38-40(47-24-49-42(38)55)53-44(58)28-11-6-3-7-12-28)66-67(59,62-18-8-17-45)63-22-33-31(56)19-35(64-33)54-25-50-37-39(46-23-48-41(37)54)52-43(57)27-9-4-2-5-10-27/h2-7,9-16,23-26,31-36,56H,8,18-22H2,1H3,(H,46,48,52,57)(H,47,49,53,58)/t31-,32-,33-,34-,35-,36-,67?/m1/s1. The number of methoxy groups -OCH3 is 1. The molecule has 1 unspecified atom stereocenters. The molecular weight excluding hydrogens is 890 g/mol. The Kier molecular flexibility index (Phi) is 13.5. The van der Waals surface area contributed by atoms with Gasteiger partial charge in [-0.05, 0) is 48.5 Å². The van der Waals surface area contributed by atoms with Gasteiger partial charge in [-0.25, -0.2) is 34.5 Å². The van der Waals surface area contributed by atoms with Crippen molar-refractivity contribution in [2.24, 2.45) is 0 Å². The highest BCUT2D eigenvalue weighted by atomic mass is 31.2. The Labute approximate surface area is 381 Å². The van der Waals surface area contributed by atoms with Crippen molar-refractivity contribution in [1.29, 1.82) is 5.26 Å². The number of nitriles is 1. The number of carbonyl (C=O) groups excluding carboxylic acids is 2. The lowest BCUT2D eigenvalue weighted by Crippen LogP contribution is -2.31. The number of anilines is 2. The number of fused-ring (bicyclic) bond motifs is 2. The molecule has 7 aromatic rings. The lowest BCUT2D eigenvalue weighted by Gasteiger charge is -2.25. The van der Waals surface area contributed by atoms with Gasteiger partial charge in [-0.2, -0.15) is 5.26 Å². The van der Waals surface area contributed by atoms with E-state index in [0.29, 0.717) is 45.0 Å².